The summed E-state index contributed by atoms with van der Waals surface area (Å²) >= 11 is 0. The molecule has 160 valence electrons. The van der Waals surface area contributed by atoms with E-state index in [0.29, 0.717) is 42.9 Å². The number of rotatable bonds is 3. The fourth-order valence-electron chi connectivity index (χ4n) is 4.22. The highest BCUT2D eigenvalue weighted by Gasteiger charge is 2.38. The molecule has 4 rings (SSSR count). The molecule has 0 aliphatic carbocycles. The van der Waals surface area contributed by atoms with E-state index in [-0.39, 0.29) is 17.3 Å². The summed E-state index contributed by atoms with van der Waals surface area (Å²) in [4.78, 5) is 22.6. The standard InChI is InChI=1S/C21H25FN4O3S/c1-13-7-9-16(22)18(12-13)30(28,29)26-11-5-4-6-17(26)20-23-14(2)15-8-10-19(27)25(3)21(15)24-20/h7,9,12,17H,4-6,8,10-11H2,1-3H3/t17-/m0/s1. The molecule has 1 saturated heterocycles. The molecular formula is C21H25FN4O3S. The van der Waals surface area contributed by atoms with Crippen LogP contribution >= 0.6 is 0 Å². The van der Waals surface area contributed by atoms with Gasteiger partial charge in [-0.1, -0.05) is 12.5 Å². The number of aromatic nitrogens is 2. The molecule has 0 N–H and O–H groups in total. The second kappa shape index (κ2) is 7.70. The van der Waals surface area contributed by atoms with Crippen molar-refractivity contribution in [2.45, 2.75) is 56.9 Å². The van der Waals surface area contributed by atoms with Crippen molar-refractivity contribution in [2.24, 2.45) is 0 Å². The van der Waals surface area contributed by atoms with Crippen molar-refractivity contribution in [1.82, 2.24) is 14.3 Å². The molecule has 0 saturated carbocycles. The van der Waals surface area contributed by atoms with Gasteiger partial charge in [0, 0.05) is 31.3 Å². The fraction of sp³-hybridized carbons (Fsp3) is 0.476. The predicted molar refractivity (Wildman–Crippen MR) is 110 cm³/mol. The summed E-state index contributed by atoms with van der Waals surface area (Å²) in [5.74, 6) is 0.113. The molecule has 0 radical (unpaired) electrons. The van der Waals surface area contributed by atoms with Gasteiger partial charge in [-0.25, -0.2) is 22.8 Å². The zero-order chi connectivity index (χ0) is 21.6. The van der Waals surface area contributed by atoms with Crippen LogP contribution in [-0.4, -0.2) is 42.2 Å². The number of benzene rings is 1. The maximum absolute atomic E-state index is 14.5. The van der Waals surface area contributed by atoms with Crippen LogP contribution < -0.4 is 4.90 Å². The molecule has 1 aromatic heterocycles. The summed E-state index contributed by atoms with van der Waals surface area (Å²) in [5.41, 5.74) is 2.33. The number of halogens is 1. The van der Waals surface area contributed by atoms with E-state index in [1.165, 1.54) is 21.3 Å². The van der Waals surface area contributed by atoms with Crippen LogP contribution in [0.15, 0.2) is 23.1 Å². The van der Waals surface area contributed by atoms with E-state index in [4.69, 9.17) is 0 Å². The number of anilines is 1. The van der Waals surface area contributed by atoms with Gasteiger partial charge >= 0.3 is 0 Å². The molecule has 1 atom stereocenters. The van der Waals surface area contributed by atoms with E-state index in [9.17, 15) is 17.6 Å². The van der Waals surface area contributed by atoms with Crippen molar-refractivity contribution in [1.29, 1.82) is 0 Å². The lowest BCUT2D eigenvalue weighted by Gasteiger charge is -2.35. The lowest BCUT2D eigenvalue weighted by atomic mass is 10.0. The lowest BCUT2D eigenvalue weighted by molar-refractivity contribution is -0.118. The summed E-state index contributed by atoms with van der Waals surface area (Å²) in [7, 11) is -2.40. The van der Waals surface area contributed by atoms with Crippen LogP contribution in [0.25, 0.3) is 0 Å². The number of amides is 1. The minimum atomic E-state index is -4.07. The van der Waals surface area contributed by atoms with Gasteiger partial charge in [-0.05, 0) is 50.8 Å². The molecule has 0 bridgehead atoms. The SMILES string of the molecule is Cc1ccc(F)c(S(=O)(=O)N2CCCC[C@H]2c2nc(C)c3c(n2)N(C)C(=O)CC3)c1. The van der Waals surface area contributed by atoms with E-state index in [2.05, 4.69) is 9.97 Å². The summed E-state index contributed by atoms with van der Waals surface area (Å²) in [6.07, 6.45) is 3.03. The molecular weight excluding hydrogens is 407 g/mol. The van der Waals surface area contributed by atoms with Gasteiger partial charge in [0.25, 0.3) is 0 Å². The fourth-order valence-corrected chi connectivity index (χ4v) is 6.03. The minimum Gasteiger partial charge on any atom is -0.300 e. The third-order valence-electron chi connectivity index (χ3n) is 5.92. The van der Waals surface area contributed by atoms with Crippen molar-refractivity contribution in [2.75, 3.05) is 18.5 Å². The maximum Gasteiger partial charge on any atom is 0.246 e. The zero-order valence-corrected chi connectivity index (χ0v) is 18.2. The van der Waals surface area contributed by atoms with Gasteiger partial charge < -0.3 is 0 Å². The summed E-state index contributed by atoms with van der Waals surface area (Å²) in [6.45, 7) is 3.86. The number of hydrogen-bond acceptors (Lipinski definition) is 5. The van der Waals surface area contributed by atoms with Gasteiger partial charge in [0.05, 0.1) is 6.04 Å². The Bertz CT molecular complexity index is 1120. The highest BCUT2D eigenvalue weighted by molar-refractivity contribution is 7.89. The van der Waals surface area contributed by atoms with Gasteiger partial charge in [0.1, 0.15) is 22.4 Å². The first-order valence-electron chi connectivity index (χ1n) is 10.1. The van der Waals surface area contributed by atoms with Crippen molar-refractivity contribution in [3.05, 3.63) is 46.7 Å². The number of nitrogens with zero attached hydrogens (tertiary/aromatic N) is 4. The average molecular weight is 433 g/mol. The number of fused-ring (bicyclic) bond motifs is 1. The Morgan fingerprint density at radius 2 is 1.90 bits per heavy atom. The number of carbonyl (C=O) groups is 1. The molecule has 2 aliphatic rings. The predicted octanol–water partition coefficient (Wildman–Crippen LogP) is 3.06. The van der Waals surface area contributed by atoms with Crippen LogP contribution in [-0.2, 0) is 21.2 Å². The number of sulfonamides is 1. The Morgan fingerprint density at radius 3 is 2.67 bits per heavy atom. The van der Waals surface area contributed by atoms with Crippen LogP contribution in [0, 0.1) is 19.7 Å². The Labute approximate surface area is 176 Å². The second-order valence-corrected chi connectivity index (χ2v) is 9.84. The lowest BCUT2D eigenvalue weighted by Crippen LogP contribution is -2.40. The topological polar surface area (TPSA) is 83.5 Å². The molecule has 7 nitrogen and oxygen atoms in total. The molecule has 30 heavy (non-hydrogen) atoms. The van der Waals surface area contributed by atoms with Gasteiger partial charge in [-0.3, -0.25) is 9.69 Å². The quantitative estimate of drug-likeness (QED) is 0.744. The maximum atomic E-state index is 14.5. The van der Waals surface area contributed by atoms with Crippen LogP contribution in [0.4, 0.5) is 10.2 Å². The molecule has 1 fully saturated rings. The van der Waals surface area contributed by atoms with Gasteiger partial charge in [0.15, 0.2) is 0 Å². The molecule has 2 aliphatic heterocycles. The minimum absolute atomic E-state index is 0.0264. The highest BCUT2D eigenvalue weighted by atomic mass is 32.2. The van der Waals surface area contributed by atoms with Crippen molar-refractivity contribution >= 4 is 21.7 Å². The summed E-state index contributed by atoms with van der Waals surface area (Å²) in [6, 6.07) is 3.49. The van der Waals surface area contributed by atoms with E-state index in [1.54, 1.807) is 20.0 Å². The molecule has 0 spiro atoms. The Hall–Kier alpha value is -2.39. The molecule has 1 amide bonds. The van der Waals surface area contributed by atoms with Crippen molar-refractivity contribution in [3.8, 4) is 0 Å². The second-order valence-electron chi connectivity index (χ2n) is 7.98. The smallest absolute Gasteiger partial charge is 0.246 e. The summed E-state index contributed by atoms with van der Waals surface area (Å²) in [5, 5.41) is 0. The van der Waals surface area contributed by atoms with Gasteiger partial charge in [-0.2, -0.15) is 4.31 Å². The first-order valence-corrected chi connectivity index (χ1v) is 11.6. The van der Waals surface area contributed by atoms with Crippen LogP contribution in [0.1, 0.15) is 54.4 Å². The van der Waals surface area contributed by atoms with Gasteiger partial charge in [-0.15, -0.1) is 0 Å². The number of aryl methyl sites for hydroxylation is 2. The largest absolute Gasteiger partial charge is 0.300 e. The highest BCUT2D eigenvalue weighted by Crippen LogP contribution is 2.37. The Morgan fingerprint density at radius 1 is 1.13 bits per heavy atom. The zero-order valence-electron chi connectivity index (χ0n) is 17.4. The monoisotopic (exact) mass is 432 g/mol. The number of carbonyl (C=O) groups excluding carboxylic acids is 1. The molecule has 9 heteroatoms. The third-order valence-corrected chi connectivity index (χ3v) is 7.84. The van der Waals surface area contributed by atoms with Crippen molar-refractivity contribution < 1.29 is 17.6 Å². The van der Waals surface area contributed by atoms with Crippen LogP contribution in [0.2, 0.25) is 0 Å². The van der Waals surface area contributed by atoms with Crippen LogP contribution in [0.3, 0.4) is 0 Å². The Balaban J connectivity index is 1.79. The van der Waals surface area contributed by atoms with E-state index in [0.717, 1.165) is 17.7 Å². The van der Waals surface area contributed by atoms with E-state index < -0.39 is 21.9 Å². The normalized spacial score (nSPS) is 20.3. The molecule has 2 aromatic rings. The number of piperidine rings is 1. The van der Waals surface area contributed by atoms with Gasteiger partial charge in [0.2, 0.25) is 15.9 Å². The summed E-state index contributed by atoms with van der Waals surface area (Å²) < 4.78 is 42.6. The number of hydrogen-bond donors (Lipinski definition) is 0. The first kappa shape index (κ1) is 20.9. The van der Waals surface area contributed by atoms with Crippen molar-refractivity contribution in [3.63, 3.8) is 0 Å². The Kier molecular flexibility index (Phi) is 5.36. The molecule has 3 heterocycles. The van der Waals surface area contributed by atoms with Crippen LogP contribution in [0.5, 0.6) is 0 Å². The molecule has 0 unspecified atom stereocenters. The third kappa shape index (κ3) is 3.50. The van der Waals surface area contributed by atoms with E-state index in [1.807, 2.05) is 6.92 Å². The average Bonchev–Trinajstić information content (AvgIpc) is 2.72. The first-order chi connectivity index (χ1) is 14.2. The van der Waals surface area contributed by atoms with E-state index >= 15 is 0 Å². The molecule has 1 aromatic carbocycles.